The second-order valence-electron chi connectivity index (χ2n) is 5.82. The zero-order valence-electron chi connectivity index (χ0n) is 11.8. The number of aliphatic hydroxyl groups excluding tert-OH is 1. The molecule has 0 spiro atoms. The number of rotatable bonds is 3. The summed E-state index contributed by atoms with van der Waals surface area (Å²) in [5, 5.41) is 14.7. The molecule has 106 valence electrons. The third kappa shape index (κ3) is 2.18. The van der Waals surface area contributed by atoms with Crippen LogP contribution in [0.15, 0.2) is 35.1 Å². The Hall–Kier alpha value is -1.88. The topological polar surface area (TPSA) is 76.4 Å². The van der Waals surface area contributed by atoms with E-state index < -0.39 is 6.10 Å². The number of aliphatic imine (C=N–C) groups is 1. The van der Waals surface area contributed by atoms with Gasteiger partial charge in [0.2, 0.25) is 0 Å². The quantitative estimate of drug-likeness (QED) is 0.876. The summed E-state index contributed by atoms with van der Waals surface area (Å²) in [6.07, 6.45) is 8.00. The van der Waals surface area contributed by atoms with Crippen molar-refractivity contribution in [1.82, 2.24) is 9.78 Å². The Morgan fingerprint density at radius 3 is 3.00 bits per heavy atom. The number of nitrogens with zero attached hydrogens (tertiary/aromatic N) is 3. The van der Waals surface area contributed by atoms with Gasteiger partial charge in [-0.1, -0.05) is 26.0 Å². The Kier molecular flexibility index (Phi) is 3.22. The molecule has 2 heterocycles. The Morgan fingerprint density at radius 1 is 1.45 bits per heavy atom. The van der Waals surface area contributed by atoms with E-state index in [0.29, 0.717) is 17.4 Å². The molecule has 3 rings (SSSR count). The molecule has 2 aliphatic rings. The van der Waals surface area contributed by atoms with Crippen molar-refractivity contribution in [3.05, 3.63) is 41.4 Å². The van der Waals surface area contributed by atoms with Crippen LogP contribution in [0.1, 0.15) is 37.4 Å². The highest BCUT2D eigenvalue weighted by molar-refractivity contribution is 5.99. The SMILES string of the molecule is CC(C)CCn1cc2c(n1)C(N)=NC1=CC=CC(O)C12. The van der Waals surface area contributed by atoms with Crippen LogP contribution in [0.5, 0.6) is 0 Å². The summed E-state index contributed by atoms with van der Waals surface area (Å²) >= 11 is 0. The number of fused-ring (bicyclic) bond motifs is 3. The van der Waals surface area contributed by atoms with Crippen LogP contribution in [-0.2, 0) is 6.54 Å². The predicted molar refractivity (Wildman–Crippen MR) is 78.4 cm³/mol. The summed E-state index contributed by atoms with van der Waals surface area (Å²) in [6.45, 7) is 5.24. The molecule has 0 fully saturated rings. The molecule has 0 amide bonds. The van der Waals surface area contributed by atoms with Gasteiger partial charge >= 0.3 is 0 Å². The molecule has 1 aliphatic carbocycles. The van der Waals surface area contributed by atoms with E-state index in [2.05, 4.69) is 23.9 Å². The Balaban J connectivity index is 1.96. The van der Waals surface area contributed by atoms with Gasteiger partial charge in [0, 0.05) is 18.3 Å². The number of aliphatic hydroxyl groups is 1. The van der Waals surface area contributed by atoms with Gasteiger partial charge < -0.3 is 10.8 Å². The number of hydrogen-bond acceptors (Lipinski definition) is 4. The first kappa shape index (κ1) is 13.1. The van der Waals surface area contributed by atoms with Crippen LogP contribution in [0.25, 0.3) is 0 Å². The molecule has 2 atom stereocenters. The first-order chi connectivity index (χ1) is 9.56. The van der Waals surface area contributed by atoms with Crippen LogP contribution >= 0.6 is 0 Å². The fourth-order valence-electron chi connectivity index (χ4n) is 2.67. The summed E-state index contributed by atoms with van der Waals surface area (Å²) in [6, 6.07) is 0. The highest BCUT2D eigenvalue weighted by Crippen LogP contribution is 2.37. The summed E-state index contributed by atoms with van der Waals surface area (Å²) < 4.78 is 1.92. The van der Waals surface area contributed by atoms with E-state index >= 15 is 0 Å². The van der Waals surface area contributed by atoms with Crippen LogP contribution in [0.4, 0.5) is 0 Å². The number of allylic oxidation sites excluding steroid dienone is 2. The standard InChI is InChI=1S/C15H20N4O/c1-9(2)6-7-19-8-10-13-11(4-3-5-12(13)20)17-15(16)14(10)18-19/h3-5,8-9,12-13,20H,6-7H2,1-2H3,(H2,16,17). The Morgan fingerprint density at radius 2 is 2.25 bits per heavy atom. The van der Waals surface area contributed by atoms with Gasteiger partial charge in [-0.3, -0.25) is 4.68 Å². The molecule has 0 bridgehead atoms. The van der Waals surface area contributed by atoms with Gasteiger partial charge in [0.25, 0.3) is 0 Å². The summed E-state index contributed by atoms with van der Waals surface area (Å²) in [7, 11) is 0. The fourth-order valence-corrected chi connectivity index (χ4v) is 2.67. The van der Waals surface area contributed by atoms with Gasteiger partial charge in [0.05, 0.1) is 17.7 Å². The number of aromatic nitrogens is 2. The zero-order valence-corrected chi connectivity index (χ0v) is 11.8. The van der Waals surface area contributed by atoms with Crippen molar-refractivity contribution >= 4 is 5.84 Å². The number of amidine groups is 1. The van der Waals surface area contributed by atoms with E-state index in [-0.39, 0.29) is 5.92 Å². The van der Waals surface area contributed by atoms with Gasteiger partial charge in [0.1, 0.15) is 5.69 Å². The monoisotopic (exact) mass is 272 g/mol. The minimum absolute atomic E-state index is 0.143. The van der Waals surface area contributed by atoms with Gasteiger partial charge in [-0.15, -0.1) is 0 Å². The van der Waals surface area contributed by atoms with Gasteiger partial charge in [-0.2, -0.15) is 5.10 Å². The average molecular weight is 272 g/mol. The molecule has 3 N–H and O–H groups in total. The number of hydrogen-bond donors (Lipinski definition) is 2. The lowest BCUT2D eigenvalue weighted by Crippen LogP contribution is -2.28. The molecule has 0 saturated heterocycles. The summed E-state index contributed by atoms with van der Waals surface area (Å²) in [5.41, 5.74) is 8.50. The smallest absolute Gasteiger partial charge is 0.151 e. The van der Waals surface area contributed by atoms with Gasteiger partial charge in [-0.25, -0.2) is 4.99 Å². The van der Waals surface area contributed by atoms with Crippen molar-refractivity contribution < 1.29 is 5.11 Å². The van der Waals surface area contributed by atoms with Crippen molar-refractivity contribution in [3.63, 3.8) is 0 Å². The average Bonchev–Trinajstić information content (AvgIpc) is 2.81. The van der Waals surface area contributed by atoms with E-state index in [1.807, 2.05) is 23.0 Å². The van der Waals surface area contributed by atoms with Gasteiger partial charge in [0.15, 0.2) is 5.84 Å². The minimum Gasteiger partial charge on any atom is -0.388 e. The first-order valence-electron chi connectivity index (χ1n) is 7.04. The molecule has 5 nitrogen and oxygen atoms in total. The maximum absolute atomic E-state index is 10.2. The molecule has 0 radical (unpaired) electrons. The Labute approximate surface area is 118 Å². The third-order valence-electron chi connectivity index (χ3n) is 3.79. The minimum atomic E-state index is -0.562. The number of nitrogens with two attached hydrogens (primary N) is 1. The molecule has 1 aliphatic heterocycles. The molecular formula is C15H20N4O. The van der Waals surface area contributed by atoms with Crippen LogP contribution in [0.3, 0.4) is 0 Å². The fraction of sp³-hybridized carbons (Fsp3) is 0.467. The lowest BCUT2D eigenvalue weighted by molar-refractivity contribution is 0.200. The lowest BCUT2D eigenvalue weighted by atomic mass is 9.85. The molecular weight excluding hydrogens is 252 g/mol. The molecule has 0 aromatic carbocycles. The lowest BCUT2D eigenvalue weighted by Gasteiger charge is -2.26. The highest BCUT2D eigenvalue weighted by atomic mass is 16.3. The van der Waals surface area contributed by atoms with E-state index in [1.165, 1.54) is 0 Å². The van der Waals surface area contributed by atoms with Crippen molar-refractivity contribution in [2.45, 2.75) is 38.8 Å². The first-order valence-corrected chi connectivity index (χ1v) is 7.04. The molecule has 1 aromatic rings. The zero-order chi connectivity index (χ0) is 14.3. The molecule has 0 saturated carbocycles. The highest BCUT2D eigenvalue weighted by Gasteiger charge is 2.34. The van der Waals surface area contributed by atoms with Crippen molar-refractivity contribution in [1.29, 1.82) is 0 Å². The van der Waals surface area contributed by atoms with E-state index in [0.717, 1.165) is 24.2 Å². The van der Waals surface area contributed by atoms with Crippen molar-refractivity contribution in [2.24, 2.45) is 16.6 Å². The van der Waals surface area contributed by atoms with Crippen LogP contribution in [-0.4, -0.2) is 26.8 Å². The molecule has 2 unspecified atom stereocenters. The van der Waals surface area contributed by atoms with Crippen LogP contribution < -0.4 is 5.73 Å². The third-order valence-corrected chi connectivity index (χ3v) is 3.79. The van der Waals surface area contributed by atoms with Crippen molar-refractivity contribution in [2.75, 3.05) is 0 Å². The van der Waals surface area contributed by atoms with E-state index in [1.54, 1.807) is 6.08 Å². The molecule has 5 heteroatoms. The van der Waals surface area contributed by atoms with E-state index in [9.17, 15) is 5.11 Å². The maximum atomic E-state index is 10.2. The molecule has 1 aromatic heterocycles. The summed E-state index contributed by atoms with van der Waals surface area (Å²) in [4.78, 5) is 4.37. The second kappa shape index (κ2) is 4.90. The van der Waals surface area contributed by atoms with Crippen LogP contribution in [0.2, 0.25) is 0 Å². The predicted octanol–water partition coefficient (Wildman–Crippen LogP) is 1.55. The van der Waals surface area contributed by atoms with Gasteiger partial charge in [-0.05, 0) is 18.4 Å². The Bertz CT molecular complexity index is 609. The van der Waals surface area contributed by atoms with Crippen LogP contribution in [0, 0.1) is 5.92 Å². The molecule has 20 heavy (non-hydrogen) atoms. The largest absolute Gasteiger partial charge is 0.388 e. The summed E-state index contributed by atoms with van der Waals surface area (Å²) in [5.74, 6) is 0.921. The second-order valence-corrected chi connectivity index (χ2v) is 5.82. The normalized spacial score (nSPS) is 24.2. The van der Waals surface area contributed by atoms with Crippen molar-refractivity contribution in [3.8, 4) is 0 Å². The number of aryl methyl sites for hydroxylation is 1. The maximum Gasteiger partial charge on any atom is 0.151 e. The van der Waals surface area contributed by atoms with E-state index in [4.69, 9.17) is 5.73 Å².